The van der Waals surface area contributed by atoms with E-state index in [0.29, 0.717) is 12.4 Å². The molecule has 0 aliphatic heterocycles. The predicted octanol–water partition coefficient (Wildman–Crippen LogP) is 2.25. The fourth-order valence-corrected chi connectivity index (χ4v) is 1.23. The number of pyridine rings is 1. The van der Waals surface area contributed by atoms with Gasteiger partial charge in [0.15, 0.2) is 5.78 Å². The molecule has 0 aliphatic carbocycles. The van der Waals surface area contributed by atoms with E-state index in [-0.39, 0.29) is 31.9 Å². The van der Waals surface area contributed by atoms with Crippen LogP contribution in [0.2, 0.25) is 0 Å². The van der Waals surface area contributed by atoms with Gasteiger partial charge in [-0.2, -0.15) is 0 Å². The van der Waals surface area contributed by atoms with Gasteiger partial charge in [-0.1, -0.05) is 7.43 Å². The van der Waals surface area contributed by atoms with Crippen molar-refractivity contribution in [1.82, 2.24) is 4.98 Å². The molecular weight excluding hydrogens is 234 g/mol. The van der Waals surface area contributed by atoms with Crippen LogP contribution in [-0.2, 0) is 9.53 Å². The highest BCUT2D eigenvalue weighted by Crippen LogP contribution is 2.10. The van der Waals surface area contributed by atoms with Crippen molar-refractivity contribution in [3.63, 3.8) is 0 Å². The number of carbonyl (C=O) groups is 2. The van der Waals surface area contributed by atoms with Gasteiger partial charge >= 0.3 is 5.97 Å². The fraction of sp³-hybridized carbons (Fsp3) is 0.462. The number of carbonyl (C=O) groups excluding carboxylic acids is 2. The first-order valence-electron chi connectivity index (χ1n) is 5.45. The van der Waals surface area contributed by atoms with Crippen molar-refractivity contribution in [1.29, 1.82) is 0 Å². The highest BCUT2D eigenvalue weighted by atomic mass is 16.5. The van der Waals surface area contributed by atoms with Gasteiger partial charge in [-0.15, -0.1) is 0 Å². The molecule has 18 heavy (non-hydrogen) atoms. The number of ether oxygens (including phenoxy) is 2. The molecule has 0 saturated heterocycles. The molecule has 1 aromatic heterocycles. The van der Waals surface area contributed by atoms with Crippen LogP contribution in [0.5, 0.6) is 5.75 Å². The number of hydrogen-bond donors (Lipinski definition) is 0. The maximum Gasteiger partial charge on any atom is 0.313 e. The molecule has 0 unspecified atom stereocenters. The van der Waals surface area contributed by atoms with Crippen molar-refractivity contribution in [3.8, 4) is 5.75 Å². The third-order valence-corrected chi connectivity index (χ3v) is 1.94. The Hall–Kier alpha value is -1.91. The van der Waals surface area contributed by atoms with Crippen LogP contribution >= 0.6 is 0 Å². The second-order valence-electron chi connectivity index (χ2n) is 3.22. The second kappa shape index (κ2) is 8.22. The van der Waals surface area contributed by atoms with Crippen LogP contribution in [-0.4, -0.2) is 30.0 Å². The van der Waals surface area contributed by atoms with E-state index in [0.717, 1.165) is 0 Å². The third-order valence-electron chi connectivity index (χ3n) is 1.94. The molecule has 0 radical (unpaired) electrons. The lowest BCUT2D eigenvalue weighted by Crippen LogP contribution is -2.12. The van der Waals surface area contributed by atoms with Crippen LogP contribution in [0.3, 0.4) is 0 Å². The van der Waals surface area contributed by atoms with E-state index in [1.165, 1.54) is 12.3 Å². The summed E-state index contributed by atoms with van der Waals surface area (Å²) in [6.45, 7) is 4.36. The number of rotatable bonds is 6. The second-order valence-corrected chi connectivity index (χ2v) is 3.22. The van der Waals surface area contributed by atoms with E-state index in [1.807, 2.05) is 6.92 Å². The smallest absolute Gasteiger partial charge is 0.313 e. The first kappa shape index (κ1) is 16.1. The van der Waals surface area contributed by atoms with Crippen molar-refractivity contribution >= 4 is 11.8 Å². The highest BCUT2D eigenvalue weighted by Gasteiger charge is 2.13. The normalized spacial score (nSPS) is 9.22. The zero-order valence-corrected chi connectivity index (χ0v) is 9.93. The third kappa shape index (κ3) is 4.95. The van der Waals surface area contributed by atoms with E-state index in [4.69, 9.17) is 4.74 Å². The minimum absolute atomic E-state index is 0. The van der Waals surface area contributed by atoms with Crippen molar-refractivity contribution in [3.05, 3.63) is 24.0 Å². The minimum Gasteiger partial charge on any atom is -0.492 e. The maximum atomic E-state index is 11.6. The quantitative estimate of drug-likeness (QED) is 0.442. The number of Topliss-reactive ketones (excluding diaryl/α,β-unsaturated/α-hetero) is 1. The van der Waals surface area contributed by atoms with Crippen molar-refractivity contribution < 1.29 is 19.1 Å². The Morgan fingerprint density at radius 3 is 2.44 bits per heavy atom. The average Bonchev–Trinajstić information content (AvgIpc) is 2.30. The molecule has 0 atom stereocenters. The first-order valence-corrected chi connectivity index (χ1v) is 5.45. The lowest BCUT2D eigenvalue weighted by Gasteiger charge is -2.03. The van der Waals surface area contributed by atoms with Gasteiger partial charge in [0.2, 0.25) is 0 Å². The molecule has 1 rings (SSSR count). The van der Waals surface area contributed by atoms with Gasteiger partial charge in [0.25, 0.3) is 0 Å². The summed E-state index contributed by atoms with van der Waals surface area (Å²) in [5.41, 5.74) is 0.238. The van der Waals surface area contributed by atoms with Crippen LogP contribution < -0.4 is 4.74 Å². The zero-order chi connectivity index (χ0) is 12.7. The molecule has 1 heterocycles. The number of hydrogen-bond acceptors (Lipinski definition) is 5. The summed E-state index contributed by atoms with van der Waals surface area (Å²) in [6, 6.07) is 3.18. The lowest BCUT2D eigenvalue weighted by atomic mass is 10.2. The Kier molecular flexibility index (Phi) is 7.35. The molecule has 100 valence electrons. The molecule has 5 nitrogen and oxygen atoms in total. The van der Waals surface area contributed by atoms with E-state index >= 15 is 0 Å². The molecule has 0 N–H and O–H groups in total. The molecule has 0 bridgehead atoms. The number of aromatic nitrogens is 1. The van der Waals surface area contributed by atoms with Gasteiger partial charge in [0, 0.05) is 0 Å². The Morgan fingerprint density at radius 1 is 1.22 bits per heavy atom. The largest absolute Gasteiger partial charge is 0.492 e. The standard InChI is InChI=1S/C12H15NO4.CH4/c1-3-16-9-5-6-10(13-8-9)11(14)7-12(15)17-4-2;/h5-6,8H,3-4,7H2,1-2H3;1H4. The highest BCUT2D eigenvalue weighted by molar-refractivity contribution is 6.04. The molecule has 0 saturated carbocycles. The summed E-state index contributed by atoms with van der Waals surface area (Å²) < 4.78 is 9.88. The van der Waals surface area contributed by atoms with Gasteiger partial charge in [0.05, 0.1) is 19.4 Å². The molecule has 5 heteroatoms. The molecule has 1 aromatic rings. The monoisotopic (exact) mass is 253 g/mol. The summed E-state index contributed by atoms with van der Waals surface area (Å²) in [5.74, 6) is -0.292. The summed E-state index contributed by atoms with van der Waals surface area (Å²) in [4.78, 5) is 26.6. The minimum atomic E-state index is -0.534. The number of nitrogens with zero attached hydrogens (tertiary/aromatic N) is 1. The lowest BCUT2D eigenvalue weighted by molar-refractivity contribution is -0.141. The Balaban J connectivity index is 0.00000289. The van der Waals surface area contributed by atoms with Gasteiger partial charge < -0.3 is 9.47 Å². The molecule has 0 aliphatic rings. The summed E-state index contributed by atoms with van der Waals surface area (Å²) in [5, 5.41) is 0. The fourth-order valence-electron chi connectivity index (χ4n) is 1.23. The van der Waals surface area contributed by atoms with E-state index < -0.39 is 5.97 Å². The van der Waals surface area contributed by atoms with Crippen LogP contribution in [0.15, 0.2) is 18.3 Å². The Morgan fingerprint density at radius 2 is 1.94 bits per heavy atom. The first-order chi connectivity index (χ1) is 8.17. The molecule has 0 spiro atoms. The maximum absolute atomic E-state index is 11.6. The molecule has 0 amide bonds. The number of esters is 1. The van der Waals surface area contributed by atoms with E-state index in [2.05, 4.69) is 9.72 Å². The molecule has 0 fully saturated rings. The summed E-state index contributed by atoms with van der Waals surface area (Å²) >= 11 is 0. The number of ketones is 1. The molecular formula is C13H19NO4. The van der Waals surface area contributed by atoms with Crippen molar-refractivity contribution in [2.24, 2.45) is 0 Å². The van der Waals surface area contributed by atoms with Crippen LogP contribution in [0.1, 0.15) is 38.2 Å². The predicted molar refractivity (Wildman–Crippen MR) is 67.7 cm³/mol. The van der Waals surface area contributed by atoms with Crippen LogP contribution in [0.25, 0.3) is 0 Å². The van der Waals surface area contributed by atoms with Gasteiger partial charge in [-0.05, 0) is 26.0 Å². The molecule has 0 aromatic carbocycles. The zero-order valence-electron chi connectivity index (χ0n) is 9.93. The Labute approximate surface area is 107 Å². The van der Waals surface area contributed by atoms with E-state index in [1.54, 1.807) is 13.0 Å². The topological polar surface area (TPSA) is 65.5 Å². The Bertz CT molecular complexity index is 386. The van der Waals surface area contributed by atoms with Crippen molar-refractivity contribution in [2.75, 3.05) is 13.2 Å². The SMILES string of the molecule is C.CCOC(=O)CC(=O)c1ccc(OCC)cn1. The van der Waals surface area contributed by atoms with Crippen LogP contribution in [0, 0.1) is 0 Å². The average molecular weight is 253 g/mol. The van der Waals surface area contributed by atoms with E-state index in [9.17, 15) is 9.59 Å². The van der Waals surface area contributed by atoms with Crippen LogP contribution in [0.4, 0.5) is 0 Å². The van der Waals surface area contributed by atoms with Gasteiger partial charge in [-0.3, -0.25) is 9.59 Å². The summed E-state index contributed by atoms with van der Waals surface area (Å²) in [7, 11) is 0. The summed E-state index contributed by atoms with van der Waals surface area (Å²) in [6.07, 6.45) is 1.18. The van der Waals surface area contributed by atoms with Crippen molar-refractivity contribution in [2.45, 2.75) is 27.7 Å². The van der Waals surface area contributed by atoms with Gasteiger partial charge in [-0.25, -0.2) is 4.98 Å². The van der Waals surface area contributed by atoms with Gasteiger partial charge in [0.1, 0.15) is 17.9 Å².